The molecule has 0 spiro atoms. The molecule has 5 heteroatoms. The number of nitriles is 1. The quantitative estimate of drug-likeness (QED) is 0.775. The highest BCUT2D eigenvalue weighted by molar-refractivity contribution is 7.89. The van der Waals surface area contributed by atoms with Crippen molar-refractivity contribution in [1.82, 2.24) is 4.31 Å². The van der Waals surface area contributed by atoms with Crippen molar-refractivity contribution in [2.24, 2.45) is 0 Å². The highest BCUT2D eigenvalue weighted by Gasteiger charge is 2.18. The third-order valence-electron chi connectivity index (χ3n) is 2.12. The number of nitrogens with zero attached hydrogens (tertiary/aromatic N) is 2. The SMILES string of the molecule is CCN(C)S(=O)(=O)c1cccc(C#N)c1. The van der Waals surface area contributed by atoms with E-state index >= 15 is 0 Å². The van der Waals surface area contributed by atoms with Crippen molar-refractivity contribution < 1.29 is 8.42 Å². The van der Waals surface area contributed by atoms with E-state index in [1.807, 2.05) is 6.07 Å². The fourth-order valence-corrected chi connectivity index (χ4v) is 2.30. The summed E-state index contributed by atoms with van der Waals surface area (Å²) in [6.07, 6.45) is 0. The van der Waals surface area contributed by atoms with E-state index in [0.717, 1.165) is 0 Å². The molecule has 0 fully saturated rings. The molecule has 0 bridgehead atoms. The van der Waals surface area contributed by atoms with Crippen LogP contribution in [0.5, 0.6) is 0 Å². The summed E-state index contributed by atoms with van der Waals surface area (Å²) in [7, 11) is -1.93. The van der Waals surface area contributed by atoms with E-state index in [4.69, 9.17) is 5.26 Å². The molecule has 80 valence electrons. The van der Waals surface area contributed by atoms with Gasteiger partial charge in [-0.1, -0.05) is 13.0 Å². The number of hydrogen-bond donors (Lipinski definition) is 0. The van der Waals surface area contributed by atoms with Crippen molar-refractivity contribution in [2.45, 2.75) is 11.8 Å². The number of rotatable bonds is 3. The summed E-state index contributed by atoms with van der Waals surface area (Å²) >= 11 is 0. The van der Waals surface area contributed by atoms with E-state index in [9.17, 15) is 8.42 Å². The van der Waals surface area contributed by atoms with E-state index in [1.165, 1.54) is 23.5 Å². The Morgan fingerprint density at radius 1 is 1.47 bits per heavy atom. The van der Waals surface area contributed by atoms with Gasteiger partial charge in [-0.3, -0.25) is 0 Å². The number of benzene rings is 1. The zero-order valence-electron chi connectivity index (χ0n) is 8.64. The molecule has 0 aromatic heterocycles. The minimum atomic E-state index is -3.44. The van der Waals surface area contributed by atoms with Crippen LogP contribution in [0.1, 0.15) is 12.5 Å². The van der Waals surface area contributed by atoms with Gasteiger partial charge in [-0.05, 0) is 18.2 Å². The molecule has 1 aromatic carbocycles. The predicted molar refractivity (Wildman–Crippen MR) is 56.6 cm³/mol. The van der Waals surface area contributed by atoms with Crippen molar-refractivity contribution in [2.75, 3.05) is 13.6 Å². The molecule has 1 rings (SSSR count). The highest BCUT2D eigenvalue weighted by Crippen LogP contribution is 2.15. The van der Waals surface area contributed by atoms with Crippen LogP contribution in [0, 0.1) is 11.3 Å². The second-order valence-corrected chi connectivity index (χ2v) is 5.10. The Morgan fingerprint density at radius 2 is 2.13 bits per heavy atom. The van der Waals surface area contributed by atoms with Crippen LogP contribution < -0.4 is 0 Å². The average molecular weight is 224 g/mol. The van der Waals surface area contributed by atoms with Crippen molar-refractivity contribution >= 4 is 10.0 Å². The van der Waals surface area contributed by atoms with Crippen LogP contribution in [0.25, 0.3) is 0 Å². The molecule has 0 radical (unpaired) electrons. The Bertz CT molecular complexity index is 488. The lowest BCUT2D eigenvalue weighted by atomic mass is 10.2. The van der Waals surface area contributed by atoms with Gasteiger partial charge < -0.3 is 0 Å². The molecule has 1 aromatic rings. The standard InChI is InChI=1S/C10H12N2O2S/c1-3-12(2)15(13,14)10-6-4-5-9(7-10)8-11/h4-7H,3H2,1-2H3. The number of hydrogen-bond acceptors (Lipinski definition) is 3. The average Bonchev–Trinajstić information content (AvgIpc) is 2.27. The van der Waals surface area contributed by atoms with Crippen LogP contribution in [0.4, 0.5) is 0 Å². The maximum absolute atomic E-state index is 11.8. The van der Waals surface area contributed by atoms with Gasteiger partial charge in [0.15, 0.2) is 0 Å². The van der Waals surface area contributed by atoms with Gasteiger partial charge in [0.1, 0.15) is 0 Å². The van der Waals surface area contributed by atoms with E-state index in [1.54, 1.807) is 19.1 Å². The summed E-state index contributed by atoms with van der Waals surface area (Å²) in [6, 6.07) is 7.92. The Kier molecular flexibility index (Phi) is 3.45. The molecular formula is C10H12N2O2S. The molecule has 0 aliphatic rings. The minimum Gasteiger partial charge on any atom is -0.207 e. The summed E-state index contributed by atoms with van der Waals surface area (Å²) in [4.78, 5) is 0.158. The molecule has 4 nitrogen and oxygen atoms in total. The van der Waals surface area contributed by atoms with Crippen molar-refractivity contribution in [3.63, 3.8) is 0 Å². The van der Waals surface area contributed by atoms with Crippen molar-refractivity contribution in [3.05, 3.63) is 29.8 Å². The van der Waals surface area contributed by atoms with Gasteiger partial charge in [0.05, 0.1) is 16.5 Å². The molecule has 0 amide bonds. The monoisotopic (exact) mass is 224 g/mol. The molecule has 0 N–H and O–H groups in total. The van der Waals surface area contributed by atoms with Gasteiger partial charge in [-0.15, -0.1) is 0 Å². The van der Waals surface area contributed by atoms with Crippen LogP contribution >= 0.6 is 0 Å². The van der Waals surface area contributed by atoms with Crippen molar-refractivity contribution in [3.8, 4) is 6.07 Å². The maximum atomic E-state index is 11.8. The topological polar surface area (TPSA) is 61.2 Å². The third-order valence-corrected chi connectivity index (χ3v) is 4.05. The number of sulfonamides is 1. The van der Waals surface area contributed by atoms with Gasteiger partial charge in [-0.25, -0.2) is 12.7 Å². The normalized spacial score (nSPS) is 11.3. The van der Waals surface area contributed by atoms with Gasteiger partial charge in [0.2, 0.25) is 10.0 Å². The smallest absolute Gasteiger partial charge is 0.207 e. The van der Waals surface area contributed by atoms with Crippen LogP contribution in [-0.2, 0) is 10.0 Å². The summed E-state index contributed by atoms with van der Waals surface area (Å²) in [5, 5.41) is 8.67. The van der Waals surface area contributed by atoms with E-state index in [2.05, 4.69) is 0 Å². The van der Waals surface area contributed by atoms with E-state index < -0.39 is 10.0 Å². The molecule has 0 aliphatic heterocycles. The lowest BCUT2D eigenvalue weighted by Crippen LogP contribution is -2.26. The first kappa shape index (κ1) is 11.7. The zero-order valence-corrected chi connectivity index (χ0v) is 9.45. The highest BCUT2D eigenvalue weighted by atomic mass is 32.2. The Labute approximate surface area is 89.8 Å². The Hall–Kier alpha value is -1.38. The fraction of sp³-hybridized carbons (Fsp3) is 0.300. The fourth-order valence-electron chi connectivity index (χ4n) is 1.08. The predicted octanol–water partition coefficient (Wildman–Crippen LogP) is 1.20. The summed E-state index contributed by atoms with van der Waals surface area (Å²) in [5.41, 5.74) is 0.348. The first-order valence-electron chi connectivity index (χ1n) is 4.49. The molecule has 0 saturated heterocycles. The summed E-state index contributed by atoms with van der Waals surface area (Å²) in [5.74, 6) is 0. The van der Waals surface area contributed by atoms with Crippen LogP contribution in [0.3, 0.4) is 0 Å². The third kappa shape index (κ3) is 2.35. The molecule has 0 saturated carbocycles. The van der Waals surface area contributed by atoms with Gasteiger partial charge in [0.25, 0.3) is 0 Å². The first-order chi connectivity index (χ1) is 7.02. The lowest BCUT2D eigenvalue weighted by Gasteiger charge is -2.14. The summed E-state index contributed by atoms with van der Waals surface area (Å²) < 4.78 is 24.9. The molecule has 15 heavy (non-hydrogen) atoms. The van der Waals surface area contributed by atoms with E-state index in [-0.39, 0.29) is 4.90 Å². The summed E-state index contributed by atoms with van der Waals surface area (Å²) in [6.45, 7) is 2.16. The minimum absolute atomic E-state index is 0.158. The van der Waals surface area contributed by atoms with Crippen molar-refractivity contribution in [1.29, 1.82) is 5.26 Å². The van der Waals surface area contributed by atoms with Gasteiger partial charge in [0, 0.05) is 13.6 Å². The maximum Gasteiger partial charge on any atom is 0.242 e. The van der Waals surface area contributed by atoms with Gasteiger partial charge in [-0.2, -0.15) is 5.26 Å². The molecule has 0 unspecified atom stereocenters. The Morgan fingerprint density at radius 3 is 2.67 bits per heavy atom. The molecule has 0 aliphatic carbocycles. The first-order valence-corrected chi connectivity index (χ1v) is 5.93. The van der Waals surface area contributed by atoms with Gasteiger partial charge >= 0.3 is 0 Å². The van der Waals surface area contributed by atoms with Crippen LogP contribution in [0.15, 0.2) is 29.2 Å². The second-order valence-electron chi connectivity index (χ2n) is 3.06. The van der Waals surface area contributed by atoms with E-state index in [0.29, 0.717) is 12.1 Å². The zero-order chi connectivity index (χ0) is 11.5. The second kappa shape index (κ2) is 4.43. The molecule has 0 heterocycles. The lowest BCUT2D eigenvalue weighted by molar-refractivity contribution is 0.486. The van der Waals surface area contributed by atoms with Crippen LogP contribution in [0.2, 0.25) is 0 Å². The Balaban J connectivity index is 3.23. The molecular weight excluding hydrogens is 212 g/mol. The molecule has 0 atom stereocenters. The van der Waals surface area contributed by atoms with Crippen LogP contribution in [-0.4, -0.2) is 26.3 Å². The largest absolute Gasteiger partial charge is 0.242 e.